The van der Waals surface area contributed by atoms with E-state index >= 15 is 0 Å². The summed E-state index contributed by atoms with van der Waals surface area (Å²) in [5, 5.41) is 1.39. The molecular weight excluding hydrogens is 158 g/mol. The third-order valence-electron chi connectivity index (χ3n) is 0.469. The standard InChI is InChI=1S/2C2H5O.C2H5.2Al.2H/c2*1-2-3;1-2;;;;/h2*2H2,1H3;1H2,2H3;;;;/q2*-1;;;+2;;. The molecular formula is C6H17Al2O2. The summed E-state index contributed by atoms with van der Waals surface area (Å²) in [7, 11) is 0. The van der Waals surface area contributed by atoms with Crippen LogP contribution in [0.1, 0.15) is 20.8 Å². The van der Waals surface area contributed by atoms with E-state index in [0.717, 1.165) is 13.2 Å². The van der Waals surface area contributed by atoms with E-state index in [4.69, 9.17) is 7.58 Å². The molecule has 10 heavy (non-hydrogen) atoms. The largest absolute Gasteiger partial charge is 0.668 e. The second kappa shape index (κ2) is 16.5. The quantitative estimate of drug-likeness (QED) is 0.461. The number of hydrogen-bond acceptors (Lipinski definition) is 2. The van der Waals surface area contributed by atoms with Gasteiger partial charge in [0.1, 0.15) is 0 Å². The molecule has 4 heteroatoms. The lowest BCUT2D eigenvalue weighted by molar-refractivity contribution is 0.240. The van der Waals surface area contributed by atoms with E-state index in [1.807, 2.05) is 13.8 Å². The lowest BCUT2D eigenvalue weighted by atomic mass is 10.9. The highest BCUT2D eigenvalue weighted by molar-refractivity contribution is 6.17. The summed E-state index contributed by atoms with van der Waals surface area (Å²) in [6.45, 7) is 7.66. The van der Waals surface area contributed by atoms with Crippen molar-refractivity contribution in [3.63, 3.8) is 0 Å². The van der Waals surface area contributed by atoms with Crippen molar-refractivity contribution in [2.75, 3.05) is 13.2 Å². The number of rotatable bonds is 4. The lowest BCUT2D eigenvalue weighted by Crippen LogP contribution is -2.02. The van der Waals surface area contributed by atoms with Crippen LogP contribution in [0.3, 0.4) is 0 Å². The van der Waals surface area contributed by atoms with Crippen LogP contribution in [0.4, 0.5) is 0 Å². The molecule has 0 aliphatic carbocycles. The zero-order chi connectivity index (χ0) is 8.24. The zero-order valence-corrected chi connectivity index (χ0v) is 10.7. The molecule has 0 aromatic carbocycles. The summed E-state index contributed by atoms with van der Waals surface area (Å²) in [5.74, 6) is 0. The summed E-state index contributed by atoms with van der Waals surface area (Å²) in [5.41, 5.74) is 0. The molecule has 2 nitrogen and oxygen atoms in total. The fraction of sp³-hybridized carbons (Fsp3) is 1.00. The molecule has 0 atom stereocenters. The first-order chi connectivity index (χ1) is 4.83. The molecule has 0 aliphatic rings. The van der Waals surface area contributed by atoms with Gasteiger partial charge in [-0.25, -0.2) is 0 Å². The zero-order valence-electron chi connectivity index (χ0n) is 7.52. The van der Waals surface area contributed by atoms with Crippen molar-refractivity contribution in [2.45, 2.75) is 26.1 Å². The molecule has 0 amide bonds. The Labute approximate surface area is 79.1 Å². The van der Waals surface area contributed by atoms with Crippen molar-refractivity contribution < 1.29 is 7.58 Å². The van der Waals surface area contributed by atoms with Crippen LogP contribution in [0.2, 0.25) is 5.28 Å². The molecule has 0 aromatic rings. The van der Waals surface area contributed by atoms with E-state index in [2.05, 4.69) is 6.92 Å². The van der Waals surface area contributed by atoms with Gasteiger partial charge in [0, 0.05) is 13.2 Å². The molecule has 0 rings (SSSR count). The molecule has 0 unspecified atom stereocenters. The average Bonchev–Trinajstić information content (AvgIpc) is 1.91. The van der Waals surface area contributed by atoms with Crippen molar-refractivity contribution in [3.05, 3.63) is 0 Å². The van der Waals surface area contributed by atoms with E-state index in [-0.39, 0.29) is 15.9 Å². The first-order valence-electron chi connectivity index (χ1n) is 3.88. The Morgan fingerprint density at radius 3 is 1.60 bits per heavy atom. The summed E-state index contributed by atoms with van der Waals surface area (Å²) in [4.78, 5) is 0. The highest BCUT2D eigenvalue weighted by Gasteiger charge is 1.89. The van der Waals surface area contributed by atoms with E-state index in [1.54, 1.807) is 0 Å². The summed E-state index contributed by atoms with van der Waals surface area (Å²) in [6, 6.07) is 0. The monoisotopic (exact) mass is 175 g/mol. The molecule has 59 valence electrons. The Kier molecular flexibility index (Phi) is 22.4. The van der Waals surface area contributed by atoms with Crippen LogP contribution in [0.15, 0.2) is 0 Å². The lowest BCUT2D eigenvalue weighted by Gasteiger charge is -1.95. The van der Waals surface area contributed by atoms with Crippen LogP contribution in [0.25, 0.3) is 0 Å². The van der Waals surface area contributed by atoms with Gasteiger partial charge in [-0.3, -0.25) is 0 Å². The van der Waals surface area contributed by atoms with Crippen LogP contribution in [-0.2, 0) is 7.58 Å². The van der Waals surface area contributed by atoms with Crippen molar-refractivity contribution in [1.82, 2.24) is 0 Å². The van der Waals surface area contributed by atoms with Gasteiger partial charge < -0.3 is 7.58 Å². The minimum absolute atomic E-state index is 0.178. The van der Waals surface area contributed by atoms with Crippen LogP contribution < -0.4 is 0 Å². The molecule has 0 bridgehead atoms. The van der Waals surface area contributed by atoms with Crippen molar-refractivity contribution in [3.8, 4) is 0 Å². The minimum Gasteiger partial charge on any atom is -0.484 e. The van der Waals surface area contributed by atoms with Gasteiger partial charge in [-0.15, -0.1) is 5.28 Å². The van der Waals surface area contributed by atoms with Gasteiger partial charge in [-0.2, -0.15) is 0 Å². The molecule has 0 saturated carbocycles. The Hall–Kier alpha value is 0.985. The van der Waals surface area contributed by atoms with Gasteiger partial charge in [0.15, 0.2) is 0 Å². The molecule has 0 aliphatic heterocycles. The van der Waals surface area contributed by atoms with Crippen molar-refractivity contribution in [1.29, 1.82) is 0 Å². The normalized spacial score (nSPS) is 7.90. The van der Waals surface area contributed by atoms with Gasteiger partial charge in [0.05, 0.1) is 0 Å². The van der Waals surface area contributed by atoms with Gasteiger partial charge in [-0.1, -0.05) is 6.92 Å². The van der Waals surface area contributed by atoms with Gasteiger partial charge in [-0.05, 0) is 13.8 Å². The van der Waals surface area contributed by atoms with Crippen LogP contribution >= 0.6 is 0 Å². The Morgan fingerprint density at radius 1 is 1.10 bits per heavy atom. The fourth-order valence-corrected chi connectivity index (χ4v) is 0.553. The molecule has 1 radical (unpaired) electrons. The highest BCUT2D eigenvalue weighted by atomic mass is 27.2. The minimum atomic E-state index is -0.178. The van der Waals surface area contributed by atoms with Gasteiger partial charge in [0.25, 0.3) is 0 Å². The maximum atomic E-state index is 4.94. The molecule has 0 fully saturated rings. The molecule has 0 N–H and O–H groups in total. The summed E-state index contributed by atoms with van der Waals surface area (Å²) < 4.78 is 9.87. The first-order valence-corrected chi connectivity index (χ1v) is 6.23. The SMILES string of the molecule is CC[O][Al][O]CC.C[CH2][AlH2]. The van der Waals surface area contributed by atoms with Crippen molar-refractivity contribution in [2.24, 2.45) is 0 Å². The Balaban J connectivity index is 0. The third kappa shape index (κ3) is 23.1. The smallest absolute Gasteiger partial charge is 0.484 e. The third-order valence-corrected chi connectivity index (χ3v) is 1.41. The van der Waals surface area contributed by atoms with Crippen LogP contribution in [0.5, 0.6) is 0 Å². The summed E-state index contributed by atoms with van der Waals surface area (Å²) >= 11 is 1.19. The molecule has 0 spiro atoms. The topological polar surface area (TPSA) is 18.5 Å². The maximum Gasteiger partial charge on any atom is 0.668 e. The second-order valence-electron chi connectivity index (χ2n) is 1.71. The predicted octanol–water partition coefficient (Wildman–Crippen LogP) is 0.651. The van der Waals surface area contributed by atoms with Crippen LogP contribution in [0, 0.1) is 0 Å². The van der Waals surface area contributed by atoms with E-state index in [9.17, 15) is 0 Å². The Morgan fingerprint density at radius 2 is 1.40 bits per heavy atom. The van der Waals surface area contributed by atoms with Gasteiger partial charge >= 0.3 is 15.9 Å². The molecule has 0 heterocycles. The van der Waals surface area contributed by atoms with Crippen LogP contribution in [-0.4, -0.2) is 45.4 Å². The van der Waals surface area contributed by atoms with Gasteiger partial charge in [0.2, 0.25) is 16.3 Å². The molecule has 0 saturated heterocycles. The number of hydrogen-bond donors (Lipinski definition) is 0. The maximum absolute atomic E-state index is 4.94. The second-order valence-corrected chi connectivity index (χ2v) is 3.99. The summed E-state index contributed by atoms with van der Waals surface area (Å²) in [6.07, 6.45) is 0. The highest BCUT2D eigenvalue weighted by Crippen LogP contribution is 1.70. The fourth-order valence-electron chi connectivity index (χ4n) is 0.184. The van der Waals surface area contributed by atoms with E-state index in [1.165, 1.54) is 21.6 Å². The first kappa shape index (κ1) is 13.6. The Bertz CT molecular complexity index is 40.7. The van der Waals surface area contributed by atoms with E-state index < -0.39 is 0 Å². The predicted molar refractivity (Wildman–Crippen MR) is 48.0 cm³/mol. The van der Waals surface area contributed by atoms with E-state index in [0.29, 0.717) is 0 Å². The molecule has 0 aromatic heterocycles. The van der Waals surface area contributed by atoms with Crippen molar-refractivity contribution >= 4 is 32.2 Å². The average molecular weight is 175 g/mol.